The number of hydrogen-bond donors (Lipinski definition) is 1. The molecule has 0 fully saturated rings. The Morgan fingerprint density at radius 3 is 3.05 bits per heavy atom. The van der Waals surface area contributed by atoms with Gasteiger partial charge in [0.15, 0.2) is 0 Å². The zero-order chi connectivity index (χ0) is 13.2. The van der Waals surface area contributed by atoms with E-state index in [9.17, 15) is 0 Å². The molecular formula is C17H20N2. The average molecular weight is 252 g/mol. The zero-order valence-electron chi connectivity index (χ0n) is 11.4. The van der Waals surface area contributed by atoms with Crippen LogP contribution in [0, 0.1) is 6.92 Å². The van der Waals surface area contributed by atoms with Crippen LogP contribution in [0.15, 0.2) is 36.5 Å². The maximum Gasteiger partial charge on any atom is 0.0510 e. The summed E-state index contributed by atoms with van der Waals surface area (Å²) in [6.45, 7) is 2.79. The second-order valence-electron chi connectivity index (χ2n) is 5.39. The quantitative estimate of drug-likeness (QED) is 0.890. The summed E-state index contributed by atoms with van der Waals surface area (Å²) in [6, 6.07) is 10.8. The molecule has 1 unspecified atom stereocenters. The van der Waals surface area contributed by atoms with Crippen LogP contribution in [0.2, 0.25) is 0 Å². The van der Waals surface area contributed by atoms with Gasteiger partial charge >= 0.3 is 0 Å². The van der Waals surface area contributed by atoms with Gasteiger partial charge in [0.25, 0.3) is 0 Å². The van der Waals surface area contributed by atoms with E-state index in [1.54, 1.807) is 0 Å². The van der Waals surface area contributed by atoms with Gasteiger partial charge in [-0.05, 0) is 54.5 Å². The van der Waals surface area contributed by atoms with Crippen LogP contribution in [0.3, 0.4) is 0 Å². The highest BCUT2D eigenvalue weighted by Gasteiger charge is 2.24. The van der Waals surface area contributed by atoms with Crippen LogP contribution in [0.4, 0.5) is 0 Å². The van der Waals surface area contributed by atoms with Crippen molar-refractivity contribution in [2.75, 3.05) is 0 Å². The van der Waals surface area contributed by atoms with E-state index >= 15 is 0 Å². The average Bonchev–Trinajstić information content (AvgIpc) is 2.47. The van der Waals surface area contributed by atoms with Crippen LogP contribution in [-0.2, 0) is 13.0 Å². The lowest BCUT2D eigenvalue weighted by Crippen LogP contribution is -2.14. The molecule has 2 nitrogen and oxygen atoms in total. The predicted octanol–water partition coefficient (Wildman–Crippen LogP) is 3.32. The minimum atomic E-state index is 0.441. The summed E-state index contributed by atoms with van der Waals surface area (Å²) in [4.78, 5) is 4.64. The molecule has 0 saturated heterocycles. The number of aromatic nitrogens is 1. The summed E-state index contributed by atoms with van der Waals surface area (Å²) in [5.74, 6) is 0.441. The molecule has 0 radical (unpaired) electrons. The van der Waals surface area contributed by atoms with E-state index in [4.69, 9.17) is 5.73 Å². The minimum absolute atomic E-state index is 0.441. The van der Waals surface area contributed by atoms with E-state index in [0.29, 0.717) is 12.5 Å². The van der Waals surface area contributed by atoms with E-state index in [0.717, 1.165) is 6.42 Å². The first-order chi connectivity index (χ1) is 9.29. The number of pyridine rings is 1. The van der Waals surface area contributed by atoms with Crippen molar-refractivity contribution in [3.05, 3.63) is 64.5 Å². The third-order valence-corrected chi connectivity index (χ3v) is 4.15. The molecule has 1 heterocycles. The Morgan fingerprint density at radius 1 is 1.32 bits per heavy atom. The molecule has 1 atom stereocenters. The predicted molar refractivity (Wildman–Crippen MR) is 78.1 cm³/mol. The van der Waals surface area contributed by atoms with Crippen LogP contribution in [-0.4, -0.2) is 4.98 Å². The van der Waals surface area contributed by atoms with Crippen molar-refractivity contribution < 1.29 is 0 Å². The van der Waals surface area contributed by atoms with Gasteiger partial charge in [-0.3, -0.25) is 4.98 Å². The summed E-state index contributed by atoms with van der Waals surface area (Å²) in [5, 5.41) is 0. The smallest absolute Gasteiger partial charge is 0.0510 e. The Balaban J connectivity index is 2.08. The molecule has 98 valence electrons. The molecule has 2 N–H and O–H groups in total. The molecule has 0 spiro atoms. The van der Waals surface area contributed by atoms with Crippen LogP contribution in [0.1, 0.15) is 46.7 Å². The molecule has 1 aromatic heterocycles. The lowest BCUT2D eigenvalue weighted by molar-refractivity contribution is 0.596. The van der Waals surface area contributed by atoms with E-state index < -0.39 is 0 Å². The monoisotopic (exact) mass is 252 g/mol. The third kappa shape index (κ3) is 2.28. The van der Waals surface area contributed by atoms with Crippen molar-refractivity contribution in [3.63, 3.8) is 0 Å². The molecule has 19 heavy (non-hydrogen) atoms. The van der Waals surface area contributed by atoms with Gasteiger partial charge in [-0.1, -0.05) is 24.3 Å². The van der Waals surface area contributed by atoms with Gasteiger partial charge in [-0.25, -0.2) is 0 Å². The number of nitrogens with zero attached hydrogens (tertiary/aromatic N) is 1. The van der Waals surface area contributed by atoms with Crippen molar-refractivity contribution >= 4 is 0 Å². The molecule has 1 aromatic carbocycles. The van der Waals surface area contributed by atoms with Gasteiger partial charge in [-0.15, -0.1) is 0 Å². The second-order valence-corrected chi connectivity index (χ2v) is 5.39. The number of rotatable bonds is 2. The van der Waals surface area contributed by atoms with Gasteiger partial charge in [0.1, 0.15) is 0 Å². The molecular weight excluding hydrogens is 232 g/mol. The molecule has 1 aliphatic carbocycles. The van der Waals surface area contributed by atoms with Gasteiger partial charge in [0, 0.05) is 18.7 Å². The van der Waals surface area contributed by atoms with E-state index in [1.807, 2.05) is 12.3 Å². The van der Waals surface area contributed by atoms with Crippen molar-refractivity contribution in [3.8, 4) is 0 Å². The van der Waals surface area contributed by atoms with Crippen molar-refractivity contribution in [2.45, 2.75) is 38.6 Å². The van der Waals surface area contributed by atoms with E-state index in [-0.39, 0.29) is 0 Å². The fraction of sp³-hybridized carbons (Fsp3) is 0.353. The number of benzene rings is 1. The number of aryl methyl sites for hydroxylation is 2. The minimum Gasteiger partial charge on any atom is -0.326 e. The van der Waals surface area contributed by atoms with Gasteiger partial charge in [0.2, 0.25) is 0 Å². The topological polar surface area (TPSA) is 38.9 Å². The lowest BCUT2D eigenvalue weighted by Gasteiger charge is -2.26. The molecule has 3 rings (SSSR count). The normalized spacial score (nSPS) is 18.1. The van der Waals surface area contributed by atoms with Gasteiger partial charge in [-0.2, -0.15) is 0 Å². The number of hydrogen-bond acceptors (Lipinski definition) is 2. The van der Waals surface area contributed by atoms with Crippen molar-refractivity contribution in [1.29, 1.82) is 0 Å². The van der Waals surface area contributed by atoms with Gasteiger partial charge in [0.05, 0.1) is 5.69 Å². The first-order valence-electron chi connectivity index (χ1n) is 7.03. The SMILES string of the molecule is Cc1ccc(CN)cc1C1CCCc2cccnc21. The van der Waals surface area contributed by atoms with Crippen LogP contribution >= 0.6 is 0 Å². The first-order valence-corrected chi connectivity index (χ1v) is 7.03. The van der Waals surface area contributed by atoms with Crippen LogP contribution in [0.25, 0.3) is 0 Å². The summed E-state index contributed by atoms with van der Waals surface area (Å²) in [5.41, 5.74) is 12.4. The van der Waals surface area contributed by atoms with Crippen molar-refractivity contribution in [1.82, 2.24) is 4.98 Å². The zero-order valence-corrected chi connectivity index (χ0v) is 11.4. The third-order valence-electron chi connectivity index (χ3n) is 4.15. The Kier molecular flexibility index (Phi) is 3.34. The standard InChI is InChI=1S/C17H20N2/c1-12-7-8-13(11-18)10-16(12)15-6-2-4-14-5-3-9-19-17(14)15/h3,5,7-10,15H,2,4,6,11,18H2,1H3. The summed E-state index contributed by atoms with van der Waals surface area (Å²) in [7, 11) is 0. The Hall–Kier alpha value is -1.67. The summed E-state index contributed by atoms with van der Waals surface area (Å²) < 4.78 is 0. The lowest BCUT2D eigenvalue weighted by atomic mass is 9.80. The molecule has 2 aromatic rings. The largest absolute Gasteiger partial charge is 0.326 e. The molecule has 0 bridgehead atoms. The van der Waals surface area contributed by atoms with E-state index in [1.165, 1.54) is 40.8 Å². The van der Waals surface area contributed by atoms with Gasteiger partial charge < -0.3 is 5.73 Å². The highest BCUT2D eigenvalue weighted by Crippen LogP contribution is 2.36. The van der Waals surface area contributed by atoms with Crippen LogP contribution in [0.5, 0.6) is 0 Å². The fourth-order valence-electron chi connectivity index (χ4n) is 3.10. The fourth-order valence-corrected chi connectivity index (χ4v) is 3.10. The summed E-state index contributed by atoms with van der Waals surface area (Å²) in [6.07, 6.45) is 5.52. The summed E-state index contributed by atoms with van der Waals surface area (Å²) >= 11 is 0. The van der Waals surface area contributed by atoms with E-state index in [2.05, 4.69) is 36.2 Å². The number of fused-ring (bicyclic) bond motifs is 1. The molecule has 1 aliphatic rings. The van der Waals surface area contributed by atoms with Crippen LogP contribution < -0.4 is 5.73 Å². The van der Waals surface area contributed by atoms with Crippen molar-refractivity contribution in [2.24, 2.45) is 5.73 Å². The molecule has 0 amide bonds. The Morgan fingerprint density at radius 2 is 2.21 bits per heavy atom. The maximum atomic E-state index is 5.78. The first kappa shape index (κ1) is 12.4. The highest BCUT2D eigenvalue weighted by molar-refractivity contribution is 5.41. The maximum absolute atomic E-state index is 5.78. The molecule has 2 heteroatoms. The second kappa shape index (κ2) is 5.14. The highest BCUT2D eigenvalue weighted by atomic mass is 14.7. The molecule has 0 aliphatic heterocycles. The molecule has 0 saturated carbocycles. The Bertz CT molecular complexity index is 590. The number of nitrogens with two attached hydrogens (primary N) is 1. The Labute approximate surface area is 114 Å².